The summed E-state index contributed by atoms with van der Waals surface area (Å²) in [5, 5.41) is 18.2. The molecular formula is C29H66N6O3. The summed E-state index contributed by atoms with van der Waals surface area (Å²) in [5.74, 6) is -0.145. The second-order valence-electron chi connectivity index (χ2n) is 8.34. The second kappa shape index (κ2) is 35.5. The number of hydrogen-bond donors (Lipinski definition) is 6. The highest BCUT2D eigenvalue weighted by molar-refractivity contribution is 5.89. The molecule has 0 heterocycles. The zero-order valence-corrected chi connectivity index (χ0v) is 26.9. The lowest BCUT2D eigenvalue weighted by atomic mass is 10.0. The Hall–Kier alpha value is -1.55. The van der Waals surface area contributed by atoms with E-state index in [0.29, 0.717) is 13.0 Å². The molecule has 0 aliphatic carbocycles. The summed E-state index contributed by atoms with van der Waals surface area (Å²) in [4.78, 5) is 36.9. The summed E-state index contributed by atoms with van der Waals surface area (Å²) in [6, 6.07) is -0.953. The Bertz CT molecular complexity index is 521. The Morgan fingerprint density at radius 3 is 1.26 bits per heavy atom. The van der Waals surface area contributed by atoms with E-state index < -0.39 is 6.04 Å². The van der Waals surface area contributed by atoms with Crippen LogP contribution >= 0.6 is 0 Å². The molecule has 230 valence electrons. The van der Waals surface area contributed by atoms with Gasteiger partial charge in [-0.1, -0.05) is 54.4 Å². The van der Waals surface area contributed by atoms with Gasteiger partial charge in [-0.05, 0) is 93.1 Å². The van der Waals surface area contributed by atoms with Gasteiger partial charge in [0.05, 0.1) is 18.1 Å². The molecule has 0 aromatic rings. The van der Waals surface area contributed by atoms with Crippen molar-refractivity contribution in [1.29, 1.82) is 0 Å². The fourth-order valence-corrected chi connectivity index (χ4v) is 3.57. The molecule has 9 heteroatoms. The Labute approximate surface area is 236 Å². The van der Waals surface area contributed by atoms with Crippen LogP contribution in [0.5, 0.6) is 0 Å². The standard InChI is InChI=1S/C23H48N6O3.3C2H6/c1-18(30)19(29-23(32)21(27-5)14-7-10-16-25-3)12-8-11-17-28-22(31)20(26-4)13-6-9-15-24-2;3*1-2/h19-21,24-27H,6-17H2,1-5H3,(H,28,31)(H,29,32);3*1-2H3. The van der Waals surface area contributed by atoms with Crippen molar-refractivity contribution in [2.24, 2.45) is 0 Å². The molecular weight excluding hydrogens is 480 g/mol. The van der Waals surface area contributed by atoms with E-state index in [1.54, 1.807) is 7.05 Å². The van der Waals surface area contributed by atoms with Gasteiger partial charge in [-0.25, -0.2) is 0 Å². The van der Waals surface area contributed by atoms with Crippen molar-refractivity contribution >= 4 is 17.6 Å². The summed E-state index contributed by atoms with van der Waals surface area (Å²) < 4.78 is 0. The normalized spacial score (nSPS) is 12.2. The first-order valence-electron chi connectivity index (χ1n) is 15.1. The van der Waals surface area contributed by atoms with Crippen molar-refractivity contribution in [2.75, 3.05) is 47.8 Å². The monoisotopic (exact) mass is 547 g/mol. The summed E-state index contributed by atoms with van der Waals surface area (Å²) in [6.45, 7) is 16.0. The highest BCUT2D eigenvalue weighted by atomic mass is 16.2. The molecule has 0 aliphatic heterocycles. The lowest BCUT2D eigenvalue weighted by Crippen LogP contribution is -2.49. The zero-order chi connectivity index (χ0) is 30.2. The van der Waals surface area contributed by atoms with Gasteiger partial charge >= 0.3 is 0 Å². The number of likely N-dealkylation sites (N-methyl/N-ethyl adjacent to an activating group) is 2. The number of nitrogens with one attached hydrogen (secondary N) is 6. The van der Waals surface area contributed by atoms with Crippen molar-refractivity contribution in [3.05, 3.63) is 0 Å². The van der Waals surface area contributed by atoms with Gasteiger partial charge in [-0.15, -0.1) is 0 Å². The van der Waals surface area contributed by atoms with Gasteiger partial charge in [0.15, 0.2) is 5.78 Å². The van der Waals surface area contributed by atoms with E-state index in [-0.39, 0.29) is 29.7 Å². The first-order chi connectivity index (χ1) is 18.4. The van der Waals surface area contributed by atoms with E-state index in [1.165, 1.54) is 6.92 Å². The molecule has 9 nitrogen and oxygen atoms in total. The number of amides is 2. The van der Waals surface area contributed by atoms with Crippen LogP contribution in [0.25, 0.3) is 0 Å². The molecule has 0 saturated heterocycles. The van der Waals surface area contributed by atoms with Crippen molar-refractivity contribution in [3.8, 4) is 0 Å². The number of hydrogen-bond acceptors (Lipinski definition) is 7. The first kappa shape index (κ1) is 43.5. The molecule has 0 radical (unpaired) electrons. The van der Waals surface area contributed by atoms with E-state index >= 15 is 0 Å². The maximum absolute atomic E-state index is 12.6. The third-order valence-electron chi connectivity index (χ3n) is 5.70. The molecule has 0 spiro atoms. The maximum Gasteiger partial charge on any atom is 0.237 e. The first-order valence-corrected chi connectivity index (χ1v) is 15.1. The van der Waals surface area contributed by atoms with Crippen LogP contribution in [0.15, 0.2) is 0 Å². The topological polar surface area (TPSA) is 123 Å². The third-order valence-corrected chi connectivity index (χ3v) is 5.70. The minimum absolute atomic E-state index is 0.0171. The molecule has 3 atom stereocenters. The van der Waals surface area contributed by atoms with Crippen molar-refractivity contribution in [2.45, 2.75) is 124 Å². The fourth-order valence-electron chi connectivity index (χ4n) is 3.57. The van der Waals surface area contributed by atoms with Crippen LogP contribution < -0.4 is 31.9 Å². The summed E-state index contributed by atoms with van der Waals surface area (Å²) >= 11 is 0. The Morgan fingerprint density at radius 1 is 0.526 bits per heavy atom. The molecule has 3 unspecified atom stereocenters. The lowest BCUT2D eigenvalue weighted by molar-refractivity contribution is -0.128. The molecule has 38 heavy (non-hydrogen) atoms. The van der Waals surface area contributed by atoms with Gasteiger partial charge in [-0.2, -0.15) is 0 Å². The average Bonchev–Trinajstić information content (AvgIpc) is 2.95. The van der Waals surface area contributed by atoms with Crippen LogP contribution in [0.3, 0.4) is 0 Å². The van der Waals surface area contributed by atoms with Gasteiger partial charge < -0.3 is 31.9 Å². The van der Waals surface area contributed by atoms with Crippen LogP contribution in [0.4, 0.5) is 0 Å². The molecule has 2 amide bonds. The van der Waals surface area contributed by atoms with Crippen molar-refractivity contribution in [3.63, 3.8) is 0 Å². The fraction of sp³-hybridized carbons (Fsp3) is 0.897. The van der Waals surface area contributed by atoms with Crippen LogP contribution in [-0.2, 0) is 14.4 Å². The van der Waals surface area contributed by atoms with E-state index in [2.05, 4.69) is 31.9 Å². The molecule has 0 aromatic heterocycles. The molecule has 0 saturated carbocycles. The number of Topliss-reactive ketones (excluding diaryl/α,β-unsaturated/α-hetero) is 1. The molecule has 0 aliphatic rings. The van der Waals surface area contributed by atoms with Gasteiger partial charge in [0, 0.05) is 6.54 Å². The van der Waals surface area contributed by atoms with Crippen LogP contribution in [0, 0.1) is 0 Å². The number of carbonyl (C=O) groups excluding carboxylic acids is 3. The largest absolute Gasteiger partial charge is 0.355 e. The van der Waals surface area contributed by atoms with Crippen LogP contribution in [0.2, 0.25) is 0 Å². The average molecular weight is 547 g/mol. The maximum atomic E-state index is 12.6. The summed E-state index contributed by atoms with van der Waals surface area (Å²) in [6.07, 6.45) is 7.62. The minimum Gasteiger partial charge on any atom is -0.355 e. The second-order valence-corrected chi connectivity index (χ2v) is 8.34. The summed E-state index contributed by atoms with van der Waals surface area (Å²) in [7, 11) is 7.42. The Balaban J connectivity index is -0.000000892. The predicted molar refractivity (Wildman–Crippen MR) is 165 cm³/mol. The predicted octanol–water partition coefficient (Wildman–Crippen LogP) is 3.38. The third kappa shape index (κ3) is 26.1. The van der Waals surface area contributed by atoms with Crippen LogP contribution in [-0.4, -0.2) is 83.5 Å². The number of ketones is 1. The zero-order valence-electron chi connectivity index (χ0n) is 26.9. The Morgan fingerprint density at radius 2 is 0.895 bits per heavy atom. The molecule has 6 N–H and O–H groups in total. The summed E-state index contributed by atoms with van der Waals surface area (Å²) in [5.41, 5.74) is 0. The number of rotatable bonds is 21. The minimum atomic E-state index is -0.483. The highest BCUT2D eigenvalue weighted by Gasteiger charge is 2.22. The van der Waals surface area contributed by atoms with E-state index in [1.807, 2.05) is 62.7 Å². The van der Waals surface area contributed by atoms with Gasteiger partial charge in [0.25, 0.3) is 0 Å². The highest BCUT2D eigenvalue weighted by Crippen LogP contribution is 2.06. The van der Waals surface area contributed by atoms with E-state index in [9.17, 15) is 14.4 Å². The van der Waals surface area contributed by atoms with Crippen LogP contribution in [0.1, 0.15) is 106 Å². The number of unbranched alkanes of at least 4 members (excludes halogenated alkanes) is 3. The van der Waals surface area contributed by atoms with Gasteiger partial charge in [0.1, 0.15) is 0 Å². The Kier molecular flexibility index (Phi) is 40.6. The lowest BCUT2D eigenvalue weighted by Gasteiger charge is -2.21. The SMILES string of the molecule is CC.CC.CC.CNCCCCC(NC)C(=O)NCCCCC(NC(=O)C(CCCCNC)NC)C(C)=O. The molecule has 0 rings (SSSR count). The van der Waals surface area contributed by atoms with E-state index in [4.69, 9.17) is 0 Å². The number of carbonyl (C=O) groups is 3. The molecule has 0 aromatic carbocycles. The van der Waals surface area contributed by atoms with E-state index in [0.717, 1.165) is 64.5 Å². The quantitative estimate of drug-likeness (QED) is 0.122. The smallest absolute Gasteiger partial charge is 0.237 e. The molecule has 0 bridgehead atoms. The van der Waals surface area contributed by atoms with Gasteiger partial charge in [0.2, 0.25) is 11.8 Å². The van der Waals surface area contributed by atoms with Crippen molar-refractivity contribution < 1.29 is 14.4 Å². The van der Waals surface area contributed by atoms with Gasteiger partial charge in [-0.3, -0.25) is 14.4 Å². The molecule has 0 fully saturated rings. The van der Waals surface area contributed by atoms with Crippen molar-refractivity contribution in [1.82, 2.24) is 31.9 Å².